The maximum absolute atomic E-state index is 9.73. The number of thiophene rings is 1. The first-order valence-electron chi connectivity index (χ1n) is 5.59. The van der Waals surface area contributed by atoms with E-state index in [1.165, 1.54) is 4.88 Å². The van der Waals surface area contributed by atoms with Gasteiger partial charge in [-0.05, 0) is 55.6 Å². The molecule has 0 aliphatic rings. The number of nitrogens with one attached hydrogen (secondary N) is 1. The molecule has 1 heterocycles. The van der Waals surface area contributed by atoms with Crippen molar-refractivity contribution in [1.82, 2.24) is 5.32 Å². The predicted molar refractivity (Wildman–Crippen MR) is 84.9 cm³/mol. The number of phenolic OH excluding ortho intramolecular Hbond substituents is 1. The fourth-order valence-corrected chi connectivity index (χ4v) is 3.57. The summed E-state index contributed by atoms with van der Waals surface area (Å²) in [5.41, 5.74) is 1.05. The molecule has 0 radical (unpaired) electrons. The van der Waals surface area contributed by atoms with Crippen molar-refractivity contribution in [3.8, 4) is 11.5 Å². The highest BCUT2D eigenvalue weighted by Gasteiger charge is 2.08. The maximum Gasteiger partial charge on any atom is 0.172 e. The maximum atomic E-state index is 9.73. The molecule has 0 aliphatic carbocycles. The van der Waals surface area contributed by atoms with Crippen molar-refractivity contribution in [2.75, 3.05) is 7.11 Å². The Kier molecular flexibility index (Phi) is 5.27. The Hall–Kier alpha value is -0.560. The SMILES string of the molecule is COc1cc(CNCc2cc(Br)cs2)cc(Br)c1O. The van der Waals surface area contributed by atoms with E-state index in [0.717, 1.165) is 16.6 Å². The molecule has 0 unspecified atom stereocenters. The largest absolute Gasteiger partial charge is 0.503 e. The summed E-state index contributed by atoms with van der Waals surface area (Å²) in [4.78, 5) is 1.27. The highest BCUT2D eigenvalue weighted by Crippen LogP contribution is 2.35. The fraction of sp³-hybridized carbons (Fsp3) is 0.231. The van der Waals surface area contributed by atoms with Crippen molar-refractivity contribution in [3.05, 3.63) is 43.0 Å². The van der Waals surface area contributed by atoms with E-state index in [-0.39, 0.29) is 5.75 Å². The Morgan fingerprint density at radius 3 is 2.68 bits per heavy atom. The van der Waals surface area contributed by atoms with E-state index in [1.54, 1.807) is 18.4 Å². The molecule has 0 spiro atoms. The van der Waals surface area contributed by atoms with Gasteiger partial charge in [-0.2, -0.15) is 0 Å². The number of hydrogen-bond donors (Lipinski definition) is 2. The molecule has 3 nitrogen and oxygen atoms in total. The van der Waals surface area contributed by atoms with Gasteiger partial charge in [0.05, 0.1) is 11.6 Å². The van der Waals surface area contributed by atoms with Crippen LogP contribution < -0.4 is 10.1 Å². The Morgan fingerprint density at radius 1 is 1.26 bits per heavy atom. The van der Waals surface area contributed by atoms with Gasteiger partial charge >= 0.3 is 0 Å². The number of ether oxygens (including phenoxy) is 1. The Balaban J connectivity index is 1.98. The lowest BCUT2D eigenvalue weighted by molar-refractivity contribution is 0.371. The van der Waals surface area contributed by atoms with Crippen molar-refractivity contribution >= 4 is 43.2 Å². The lowest BCUT2D eigenvalue weighted by Gasteiger charge is -2.09. The third kappa shape index (κ3) is 3.95. The molecule has 0 atom stereocenters. The molecule has 19 heavy (non-hydrogen) atoms. The lowest BCUT2D eigenvalue weighted by atomic mass is 10.2. The smallest absolute Gasteiger partial charge is 0.172 e. The first-order valence-corrected chi connectivity index (χ1v) is 8.05. The van der Waals surface area contributed by atoms with E-state index in [0.29, 0.717) is 16.8 Å². The normalized spacial score (nSPS) is 10.7. The van der Waals surface area contributed by atoms with Crippen LogP contribution in [-0.2, 0) is 13.1 Å². The fourth-order valence-electron chi connectivity index (χ4n) is 1.66. The summed E-state index contributed by atoms with van der Waals surface area (Å²) in [7, 11) is 1.54. The molecule has 2 aromatic rings. The van der Waals surface area contributed by atoms with E-state index < -0.39 is 0 Å². The summed E-state index contributed by atoms with van der Waals surface area (Å²) in [6.45, 7) is 1.53. The number of halogens is 2. The van der Waals surface area contributed by atoms with Crippen molar-refractivity contribution in [3.63, 3.8) is 0 Å². The van der Waals surface area contributed by atoms with Gasteiger partial charge in [0, 0.05) is 27.8 Å². The Labute approximate surface area is 132 Å². The zero-order valence-corrected chi connectivity index (χ0v) is 14.2. The summed E-state index contributed by atoms with van der Waals surface area (Å²) in [6, 6.07) is 5.82. The van der Waals surface area contributed by atoms with Crippen LogP contribution >= 0.6 is 43.2 Å². The van der Waals surface area contributed by atoms with E-state index in [4.69, 9.17) is 4.74 Å². The van der Waals surface area contributed by atoms with E-state index >= 15 is 0 Å². The van der Waals surface area contributed by atoms with Crippen molar-refractivity contribution in [1.29, 1.82) is 0 Å². The third-order valence-corrected chi connectivity index (χ3v) is 4.86. The average Bonchev–Trinajstić information content (AvgIpc) is 2.79. The van der Waals surface area contributed by atoms with Crippen LogP contribution in [0.5, 0.6) is 11.5 Å². The molecule has 0 saturated carbocycles. The second-order valence-corrected chi connectivity index (χ2v) is 6.73. The topological polar surface area (TPSA) is 41.5 Å². The number of benzene rings is 1. The molecule has 0 aliphatic heterocycles. The molecule has 0 bridgehead atoms. The molecular formula is C13H13Br2NO2S. The van der Waals surface area contributed by atoms with Crippen LogP contribution in [0.25, 0.3) is 0 Å². The minimum Gasteiger partial charge on any atom is -0.503 e. The number of hydrogen-bond acceptors (Lipinski definition) is 4. The van der Waals surface area contributed by atoms with Crippen molar-refractivity contribution in [2.24, 2.45) is 0 Å². The van der Waals surface area contributed by atoms with E-state index in [9.17, 15) is 5.11 Å². The molecule has 6 heteroatoms. The van der Waals surface area contributed by atoms with Crippen LogP contribution in [-0.4, -0.2) is 12.2 Å². The monoisotopic (exact) mass is 405 g/mol. The van der Waals surface area contributed by atoms with Crippen LogP contribution in [0.2, 0.25) is 0 Å². The van der Waals surface area contributed by atoms with Gasteiger partial charge in [-0.25, -0.2) is 0 Å². The number of phenols is 1. The van der Waals surface area contributed by atoms with E-state index in [1.807, 2.05) is 12.1 Å². The zero-order chi connectivity index (χ0) is 13.8. The van der Waals surface area contributed by atoms with Crippen LogP contribution in [0.3, 0.4) is 0 Å². The summed E-state index contributed by atoms with van der Waals surface area (Å²) < 4.78 is 6.88. The van der Waals surface area contributed by atoms with Gasteiger partial charge in [-0.15, -0.1) is 11.3 Å². The molecule has 1 aromatic carbocycles. The first kappa shape index (κ1) is 14.8. The van der Waals surface area contributed by atoms with Gasteiger partial charge in [0.25, 0.3) is 0 Å². The summed E-state index contributed by atoms with van der Waals surface area (Å²) >= 11 is 8.47. The van der Waals surface area contributed by atoms with Crippen molar-refractivity contribution in [2.45, 2.75) is 13.1 Å². The quantitative estimate of drug-likeness (QED) is 0.778. The third-order valence-electron chi connectivity index (χ3n) is 2.56. The average molecular weight is 407 g/mol. The molecule has 0 saturated heterocycles. The minimum absolute atomic E-state index is 0.133. The Bertz CT molecular complexity index is 572. The molecule has 2 rings (SSSR count). The van der Waals surface area contributed by atoms with Gasteiger partial charge < -0.3 is 15.2 Å². The van der Waals surface area contributed by atoms with Gasteiger partial charge in [0.2, 0.25) is 0 Å². The number of aromatic hydroxyl groups is 1. The highest BCUT2D eigenvalue weighted by atomic mass is 79.9. The summed E-state index contributed by atoms with van der Waals surface area (Å²) in [5.74, 6) is 0.610. The summed E-state index contributed by atoms with van der Waals surface area (Å²) in [5, 5.41) is 15.2. The standard InChI is InChI=1S/C13H13Br2NO2S/c1-18-12-3-8(2-11(15)13(12)17)5-16-6-10-4-9(14)7-19-10/h2-4,7,16-17H,5-6H2,1H3. The van der Waals surface area contributed by atoms with Crippen LogP contribution in [0, 0.1) is 0 Å². The molecule has 1 aromatic heterocycles. The molecule has 0 amide bonds. The zero-order valence-electron chi connectivity index (χ0n) is 10.2. The molecule has 2 N–H and O–H groups in total. The first-order chi connectivity index (χ1) is 9.10. The predicted octanol–water partition coefficient (Wildman–Crippen LogP) is 4.28. The Morgan fingerprint density at radius 2 is 2.05 bits per heavy atom. The number of methoxy groups -OCH3 is 1. The van der Waals surface area contributed by atoms with Crippen LogP contribution in [0.1, 0.15) is 10.4 Å². The van der Waals surface area contributed by atoms with Gasteiger partial charge in [0.15, 0.2) is 11.5 Å². The van der Waals surface area contributed by atoms with Gasteiger partial charge in [0.1, 0.15) is 0 Å². The second-order valence-electron chi connectivity index (χ2n) is 3.96. The second kappa shape index (κ2) is 6.74. The molecular weight excluding hydrogens is 394 g/mol. The molecule has 0 fully saturated rings. The van der Waals surface area contributed by atoms with Crippen molar-refractivity contribution < 1.29 is 9.84 Å². The highest BCUT2D eigenvalue weighted by molar-refractivity contribution is 9.10. The van der Waals surface area contributed by atoms with Gasteiger partial charge in [-0.3, -0.25) is 0 Å². The van der Waals surface area contributed by atoms with E-state index in [2.05, 4.69) is 48.6 Å². The minimum atomic E-state index is 0.133. The van der Waals surface area contributed by atoms with Crippen LogP contribution in [0.15, 0.2) is 32.5 Å². The van der Waals surface area contributed by atoms with Crippen LogP contribution in [0.4, 0.5) is 0 Å². The summed E-state index contributed by atoms with van der Waals surface area (Å²) in [6.07, 6.45) is 0. The lowest BCUT2D eigenvalue weighted by Crippen LogP contribution is -2.11. The van der Waals surface area contributed by atoms with Gasteiger partial charge in [-0.1, -0.05) is 0 Å². The number of rotatable bonds is 5. The molecule has 102 valence electrons.